The van der Waals surface area contributed by atoms with E-state index in [2.05, 4.69) is 29.4 Å². The van der Waals surface area contributed by atoms with E-state index >= 15 is 0 Å². The van der Waals surface area contributed by atoms with E-state index in [0.29, 0.717) is 23.9 Å². The van der Waals surface area contributed by atoms with Gasteiger partial charge in [0.1, 0.15) is 16.4 Å². The number of hydrogen-bond donors (Lipinski definition) is 3. The maximum absolute atomic E-state index is 12.9. The van der Waals surface area contributed by atoms with Gasteiger partial charge in [-0.05, 0) is 30.5 Å². The summed E-state index contributed by atoms with van der Waals surface area (Å²) < 4.78 is 34.2. The van der Waals surface area contributed by atoms with E-state index in [1.807, 2.05) is 12.1 Å². The summed E-state index contributed by atoms with van der Waals surface area (Å²) in [4.78, 5) is 14.0. The first-order valence-electron chi connectivity index (χ1n) is 9.53. The first-order chi connectivity index (χ1) is 13.6. The average molecular weight is 421 g/mol. The third-order valence-electron chi connectivity index (χ3n) is 5.06. The fraction of sp³-hybridized carbons (Fsp3) is 0.450. The molecule has 0 radical (unpaired) electrons. The number of aryl methyl sites for hydroxylation is 1. The van der Waals surface area contributed by atoms with Crippen LogP contribution >= 0.6 is 0 Å². The fourth-order valence-corrected chi connectivity index (χ4v) is 4.63. The molecule has 2 unspecified atom stereocenters. The summed E-state index contributed by atoms with van der Waals surface area (Å²) in [6.45, 7) is 6.20. The summed E-state index contributed by atoms with van der Waals surface area (Å²) in [5, 5.41) is 0. The van der Waals surface area contributed by atoms with Crippen molar-refractivity contribution >= 4 is 21.6 Å². The Morgan fingerprint density at radius 1 is 1.24 bits per heavy atom. The highest BCUT2D eigenvalue weighted by molar-refractivity contribution is 7.92. The van der Waals surface area contributed by atoms with E-state index in [9.17, 15) is 13.2 Å². The standard InChI is InChI=1S/C20H28N4O4S/c1-12(2)14-6-8-15(9-7-14)23-29(26,27)18-10-17(28-13(18)3)19-16(11-21-22-19)20(25)24(4)5/h6-10,12,16,19,21-23H,11H2,1-5H3. The van der Waals surface area contributed by atoms with Crippen molar-refractivity contribution < 1.29 is 17.6 Å². The Kier molecular flexibility index (Phi) is 6.02. The number of nitrogens with one attached hydrogen (secondary N) is 3. The molecule has 0 spiro atoms. The van der Waals surface area contributed by atoms with Gasteiger partial charge in [0.05, 0.1) is 12.0 Å². The van der Waals surface area contributed by atoms with Crippen molar-refractivity contribution in [2.45, 2.75) is 37.6 Å². The van der Waals surface area contributed by atoms with Crippen molar-refractivity contribution in [1.29, 1.82) is 0 Å². The van der Waals surface area contributed by atoms with Crippen LogP contribution in [0.2, 0.25) is 0 Å². The maximum Gasteiger partial charge on any atom is 0.265 e. The maximum atomic E-state index is 12.9. The van der Waals surface area contributed by atoms with Gasteiger partial charge in [-0.15, -0.1) is 0 Å². The van der Waals surface area contributed by atoms with Gasteiger partial charge in [-0.2, -0.15) is 0 Å². The number of nitrogens with zero attached hydrogens (tertiary/aromatic N) is 1. The second-order valence-corrected chi connectivity index (χ2v) is 9.44. The molecule has 1 aliphatic rings. The van der Waals surface area contributed by atoms with E-state index in [-0.39, 0.29) is 22.5 Å². The molecule has 1 fully saturated rings. The molecular formula is C20H28N4O4S. The number of carbonyl (C=O) groups is 1. The predicted octanol–water partition coefficient (Wildman–Crippen LogP) is 2.37. The lowest BCUT2D eigenvalue weighted by Gasteiger charge is -2.19. The first-order valence-corrected chi connectivity index (χ1v) is 11.0. The Hall–Kier alpha value is -2.36. The van der Waals surface area contributed by atoms with Crippen LogP contribution in [0.25, 0.3) is 0 Å². The number of furan rings is 1. The molecule has 0 saturated carbocycles. The molecule has 0 aliphatic carbocycles. The second kappa shape index (κ2) is 8.17. The number of carbonyl (C=O) groups excluding carboxylic acids is 1. The quantitative estimate of drug-likeness (QED) is 0.663. The van der Waals surface area contributed by atoms with Crippen molar-refractivity contribution in [3.8, 4) is 0 Å². The number of hydrogen-bond acceptors (Lipinski definition) is 6. The molecule has 1 saturated heterocycles. The van der Waals surface area contributed by atoms with E-state index in [4.69, 9.17) is 4.42 Å². The Morgan fingerprint density at radius 2 is 1.90 bits per heavy atom. The Balaban J connectivity index is 1.84. The minimum absolute atomic E-state index is 0.0604. The van der Waals surface area contributed by atoms with Crippen LogP contribution in [0.15, 0.2) is 39.6 Å². The molecule has 158 valence electrons. The van der Waals surface area contributed by atoms with Crippen molar-refractivity contribution in [2.75, 3.05) is 25.4 Å². The van der Waals surface area contributed by atoms with Crippen LogP contribution in [0.4, 0.5) is 5.69 Å². The molecule has 0 bridgehead atoms. The Labute approximate surface area is 171 Å². The van der Waals surface area contributed by atoms with Gasteiger partial charge in [0.25, 0.3) is 10.0 Å². The number of rotatable bonds is 6. The van der Waals surface area contributed by atoms with Gasteiger partial charge in [-0.3, -0.25) is 14.9 Å². The summed E-state index contributed by atoms with van der Waals surface area (Å²) in [5.74, 6) is 0.598. The smallest absolute Gasteiger partial charge is 0.265 e. The SMILES string of the molecule is Cc1oc(C2NNCC2C(=O)N(C)C)cc1S(=O)(=O)Nc1ccc(C(C)C)cc1. The third kappa shape index (κ3) is 4.47. The second-order valence-electron chi connectivity index (χ2n) is 7.79. The van der Waals surface area contributed by atoms with Crippen LogP contribution in [0.3, 0.4) is 0 Å². The molecule has 3 rings (SSSR count). The van der Waals surface area contributed by atoms with Crippen LogP contribution in [0.1, 0.15) is 42.9 Å². The van der Waals surface area contributed by atoms with Crippen molar-refractivity contribution in [3.05, 3.63) is 47.4 Å². The lowest BCUT2D eigenvalue weighted by atomic mass is 9.98. The van der Waals surface area contributed by atoms with Crippen molar-refractivity contribution in [1.82, 2.24) is 15.8 Å². The summed E-state index contributed by atoms with van der Waals surface area (Å²) in [6.07, 6.45) is 0. The normalized spacial score (nSPS) is 19.5. The van der Waals surface area contributed by atoms with Gasteiger partial charge in [0.15, 0.2) is 0 Å². The van der Waals surface area contributed by atoms with E-state index in [1.54, 1.807) is 33.2 Å². The zero-order valence-corrected chi connectivity index (χ0v) is 18.1. The Morgan fingerprint density at radius 3 is 2.48 bits per heavy atom. The van der Waals surface area contributed by atoms with Crippen LogP contribution < -0.4 is 15.6 Å². The molecule has 8 nitrogen and oxygen atoms in total. The predicted molar refractivity (Wildman–Crippen MR) is 111 cm³/mol. The lowest BCUT2D eigenvalue weighted by Crippen LogP contribution is -2.34. The minimum atomic E-state index is -3.83. The number of anilines is 1. The molecule has 2 heterocycles. The van der Waals surface area contributed by atoms with Gasteiger partial charge in [0, 0.05) is 32.4 Å². The van der Waals surface area contributed by atoms with E-state index < -0.39 is 16.1 Å². The summed E-state index contributed by atoms with van der Waals surface area (Å²) >= 11 is 0. The number of hydrazine groups is 1. The molecule has 2 atom stereocenters. The number of amides is 1. The molecule has 1 aromatic heterocycles. The molecule has 29 heavy (non-hydrogen) atoms. The first kappa shape index (κ1) is 21.4. The molecule has 2 aromatic rings. The van der Waals surface area contributed by atoms with Gasteiger partial charge < -0.3 is 9.32 Å². The van der Waals surface area contributed by atoms with Gasteiger partial charge in [-0.25, -0.2) is 13.8 Å². The number of sulfonamides is 1. The molecular weight excluding hydrogens is 392 g/mol. The Bertz CT molecular complexity index is 980. The highest BCUT2D eigenvalue weighted by atomic mass is 32.2. The van der Waals surface area contributed by atoms with Crippen LogP contribution in [-0.2, 0) is 14.8 Å². The fourth-order valence-electron chi connectivity index (χ4n) is 3.38. The van der Waals surface area contributed by atoms with Crippen LogP contribution in [-0.4, -0.2) is 39.9 Å². The zero-order chi connectivity index (χ0) is 21.3. The largest absolute Gasteiger partial charge is 0.463 e. The summed E-state index contributed by atoms with van der Waals surface area (Å²) in [6, 6.07) is 8.34. The minimum Gasteiger partial charge on any atom is -0.463 e. The van der Waals surface area contributed by atoms with Crippen LogP contribution in [0.5, 0.6) is 0 Å². The molecule has 1 aliphatic heterocycles. The van der Waals surface area contributed by atoms with Crippen molar-refractivity contribution in [2.24, 2.45) is 5.92 Å². The topological polar surface area (TPSA) is 104 Å². The molecule has 1 amide bonds. The number of benzene rings is 1. The summed E-state index contributed by atoms with van der Waals surface area (Å²) in [5.41, 5.74) is 7.58. The highest BCUT2D eigenvalue weighted by Gasteiger charge is 2.38. The zero-order valence-electron chi connectivity index (χ0n) is 17.3. The molecule has 3 N–H and O–H groups in total. The van der Waals surface area contributed by atoms with Gasteiger partial charge >= 0.3 is 0 Å². The summed E-state index contributed by atoms with van der Waals surface area (Å²) in [7, 11) is -0.447. The van der Waals surface area contributed by atoms with Crippen LogP contribution in [0, 0.1) is 12.8 Å². The average Bonchev–Trinajstić information content (AvgIpc) is 3.27. The van der Waals surface area contributed by atoms with E-state index in [0.717, 1.165) is 5.56 Å². The highest BCUT2D eigenvalue weighted by Crippen LogP contribution is 2.32. The van der Waals surface area contributed by atoms with E-state index in [1.165, 1.54) is 11.0 Å². The third-order valence-corrected chi connectivity index (χ3v) is 6.55. The molecule has 9 heteroatoms. The van der Waals surface area contributed by atoms with Crippen molar-refractivity contribution in [3.63, 3.8) is 0 Å². The monoisotopic (exact) mass is 420 g/mol. The molecule has 1 aromatic carbocycles. The van der Waals surface area contributed by atoms with Gasteiger partial charge in [-0.1, -0.05) is 26.0 Å². The lowest BCUT2D eigenvalue weighted by molar-refractivity contribution is -0.133. The van der Waals surface area contributed by atoms with Gasteiger partial charge in [0.2, 0.25) is 5.91 Å².